The van der Waals surface area contributed by atoms with E-state index in [2.05, 4.69) is 12.2 Å². The Morgan fingerprint density at radius 3 is 3.00 bits per heavy atom. The third-order valence-corrected chi connectivity index (χ3v) is 5.35. The van der Waals surface area contributed by atoms with Crippen LogP contribution in [-0.2, 0) is 11.3 Å². The maximum atomic E-state index is 12.4. The van der Waals surface area contributed by atoms with Crippen LogP contribution in [-0.4, -0.2) is 42.1 Å². The first-order chi connectivity index (χ1) is 10.6. The highest BCUT2D eigenvalue weighted by Crippen LogP contribution is 2.32. The molecule has 2 amide bonds. The summed E-state index contributed by atoms with van der Waals surface area (Å²) in [5.74, 6) is 1.15. The number of ether oxygens (including phenoxy) is 1. The van der Waals surface area contributed by atoms with E-state index in [1.54, 1.807) is 7.11 Å². The smallest absolute Gasteiger partial charge is 0.321 e. The Balaban J connectivity index is 1.90. The van der Waals surface area contributed by atoms with Crippen LogP contribution >= 0.6 is 11.8 Å². The number of anilines is 1. The van der Waals surface area contributed by atoms with Crippen molar-refractivity contribution in [3.63, 3.8) is 0 Å². The molecule has 0 spiro atoms. The molecule has 0 aliphatic heterocycles. The van der Waals surface area contributed by atoms with E-state index < -0.39 is 0 Å². The minimum absolute atomic E-state index is 0.0262. The van der Waals surface area contributed by atoms with Crippen LogP contribution in [0.1, 0.15) is 31.7 Å². The van der Waals surface area contributed by atoms with Gasteiger partial charge in [-0.15, -0.1) is 0 Å². The van der Waals surface area contributed by atoms with E-state index in [1.165, 1.54) is 6.42 Å². The molecule has 1 N–H and O–H groups in total. The maximum absolute atomic E-state index is 12.4. The molecule has 0 bridgehead atoms. The van der Waals surface area contributed by atoms with Crippen LogP contribution in [0.25, 0.3) is 0 Å². The molecule has 4 nitrogen and oxygen atoms in total. The summed E-state index contributed by atoms with van der Waals surface area (Å²) < 4.78 is 5.13. The quantitative estimate of drug-likeness (QED) is 0.861. The second kappa shape index (κ2) is 8.44. The summed E-state index contributed by atoms with van der Waals surface area (Å²) in [5.41, 5.74) is 1.88. The van der Waals surface area contributed by atoms with Gasteiger partial charge in [0.05, 0.1) is 6.61 Å². The molecule has 0 saturated heterocycles. The molecule has 1 aromatic carbocycles. The molecule has 1 fully saturated rings. The number of amides is 2. The Morgan fingerprint density at radius 1 is 1.45 bits per heavy atom. The second-order valence-electron chi connectivity index (χ2n) is 5.72. The van der Waals surface area contributed by atoms with Gasteiger partial charge in [0.2, 0.25) is 0 Å². The summed E-state index contributed by atoms with van der Waals surface area (Å²) in [5, 5.41) is 3.69. The predicted octanol–water partition coefficient (Wildman–Crippen LogP) is 3.97. The van der Waals surface area contributed by atoms with Crippen LogP contribution in [0.4, 0.5) is 10.5 Å². The first-order valence-electron chi connectivity index (χ1n) is 7.87. The predicted molar refractivity (Wildman–Crippen MR) is 93.5 cm³/mol. The number of benzene rings is 1. The molecule has 5 heteroatoms. The minimum Gasteiger partial charge on any atom is -0.380 e. The van der Waals surface area contributed by atoms with Gasteiger partial charge >= 0.3 is 6.03 Å². The molecule has 1 aliphatic rings. The standard InChI is InChI=1S/C17H26N2O2S/c1-4-22-16-9-8-15(11-16)19(2)17(20)18-14-7-5-6-13(10-14)12-21-3/h5-7,10,15-16H,4,8-9,11-12H2,1-3H3,(H,18,20)/t15-,16-/m0/s1. The van der Waals surface area contributed by atoms with Crippen molar-refractivity contribution < 1.29 is 9.53 Å². The zero-order valence-corrected chi connectivity index (χ0v) is 14.5. The molecule has 2 rings (SSSR count). The van der Waals surface area contributed by atoms with Gasteiger partial charge in [-0.05, 0) is 42.7 Å². The van der Waals surface area contributed by atoms with Gasteiger partial charge in [0.15, 0.2) is 0 Å². The number of methoxy groups -OCH3 is 1. The summed E-state index contributed by atoms with van der Waals surface area (Å²) in [6.45, 7) is 2.75. The molecule has 0 unspecified atom stereocenters. The second-order valence-corrected chi connectivity index (χ2v) is 7.30. The number of nitrogens with zero attached hydrogens (tertiary/aromatic N) is 1. The van der Waals surface area contributed by atoms with E-state index in [9.17, 15) is 4.79 Å². The third kappa shape index (κ3) is 4.65. The molecule has 0 aromatic heterocycles. The molecule has 0 heterocycles. The first-order valence-corrected chi connectivity index (χ1v) is 8.92. The number of urea groups is 1. The van der Waals surface area contributed by atoms with Crippen LogP contribution in [0.5, 0.6) is 0 Å². The average molecular weight is 322 g/mol. The lowest BCUT2D eigenvalue weighted by atomic mass is 10.2. The maximum Gasteiger partial charge on any atom is 0.321 e. The van der Waals surface area contributed by atoms with Gasteiger partial charge in [-0.3, -0.25) is 0 Å². The van der Waals surface area contributed by atoms with Crippen LogP contribution in [0.2, 0.25) is 0 Å². The third-order valence-electron chi connectivity index (χ3n) is 4.12. The molecule has 1 saturated carbocycles. The number of hydrogen-bond acceptors (Lipinski definition) is 3. The van der Waals surface area contributed by atoms with Crippen LogP contribution in [0, 0.1) is 0 Å². The lowest BCUT2D eigenvalue weighted by molar-refractivity contribution is 0.185. The Kier molecular flexibility index (Phi) is 6.58. The zero-order valence-electron chi connectivity index (χ0n) is 13.7. The molecule has 0 radical (unpaired) electrons. The van der Waals surface area contributed by atoms with Crippen molar-refractivity contribution in [2.75, 3.05) is 25.2 Å². The lowest BCUT2D eigenvalue weighted by Crippen LogP contribution is -2.38. The monoisotopic (exact) mass is 322 g/mol. The highest BCUT2D eigenvalue weighted by Gasteiger charge is 2.29. The molecule has 122 valence electrons. The molecular formula is C17H26N2O2S. The fourth-order valence-corrected chi connectivity index (χ4v) is 4.07. The van der Waals surface area contributed by atoms with Gasteiger partial charge in [0, 0.05) is 31.1 Å². The summed E-state index contributed by atoms with van der Waals surface area (Å²) in [6, 6.07) is 8.13. The van der Waals surface area contributed by atoms with Gasteiger partial charge < -0.3 is 15.0 Å². The fraction of sp³-hybridized carbons (Fsp3) is 0.588. The summed E-state index contributed by atoms with van der Waals surface area (Å²) in [6.07, 6.45) is 3.42. The van der Waals surface area contributed by atoms with Crippen molar-refractivity contribution in [2.24, 2.45) is 0 Å². The Hall–Kier alpha value is -1.20. The Morgan fingerprint density at radius 2 is 2.27 bits per heavy atom. The average Bonchev–Trinajstić information content (AvgIpc) is 2.96. The van der Waals surface area contributed by atoms with E-state index in [0.29, 0.717) is 17.9 Å². The minimum atomic E-state index is -0.0262. The Bertz CT molecular complexity index is 495. The van der Waals surface area contributed by atoms with Gasteiger partial charge in [-0.25, -0.2) is 4.79 Å². The fourth-order valence-electron chi connectivity index (χ4n) is 2.94. The highest BCUT2D eigenvalue weighted by atomic mass is 32.2. The SMILES string of the molecule is CCS[C@H]1CC[C@H](N(C)C(=O)Nc2cccc(COC)c2)C1. The van der Waals surface area contributed by atoms with E-state index in [1.807, 2.05) is 48.0 Å². The number of carbonyl (C=O) groups excluding carboxylic acids is 1. The number of rotatable bonds is 6. The first kappa shape index (κ1) is 17.2. The van der Waals surface area contributed by atoms with Crippen molar-refractivity contribution in [1.29, 1.82) is 0 Å². The van der Waals surface area contributed by atoms with E-state index >= 15 is 0 Å². The number of thioether (sulfide) groups is 1. The van der Waals surface area contributed by atoms with E-state index in [0.717, 1.165) is 29.8 Å². The van der Waals surface area contributed by atoms with Crippen LogP contribution in [0.15, 0.2) is 24.3 Å². The number of nitrogens with one attached hydrogen (secondary N) is 1. The number of hydrogen-bond donors (Lipinski definition) is 1. The number of carbonyl (C=O) groups is 1. The van der Waals surface area contributed by atoms with Crippen LogP contribution in [0.3, 0.4) is 0 Å². The van der Waals surface area contributed by atoms with Gasteiger partial charge in [0.1, 0.15) is 0 Å². The topological polar surface area (TPSA) is 41.6 Å². The van der Waals surface area contributed by atoms with Crippen LogP contribution < -0.4 is 5.32 Å². The van der Waals surface area contributed by atoms with E-state index in [4.69, 9.17) is 4.74 Å². The van der Waals surface area contributed by atoms with Gasteiger partial charge in [0.25, 0.3) is 0 Å². The molecule has 1 aliphatic carbocycles. The van der Waals surface area contributed by atoms with Crippen molar-refractivity contribution in [3.05, 3.63) is 29.8 Å². The molecule has 1 aromatic rings. The summed E-state index contributed by atoms with van der Waals surface area (Å²) >= 11 is 2.01. The molecular weight excluding hydrogens is 296 g/mol. The van der Waals surface area contributed by atoms with Crippen molar-refractivity contribution >= 4 is 23.5 Å². The molecule has 2 atom stereocenters. The summed E-state index contributed by atoms with van der Waals surface area (Å²) in [4.78, 5) is 14.3. The lowest BCUT2D eigenvalue weighted by Gasteiger charge is -2.25. The van der Waals surface area contributed by atoms with Crippen molar-refractivity contribution in [2.45, 2.75) is 44.1 Å². The zero-order chi connectivity index (χ0) is 15.9. The summed E-state index contributed by atoms with van der Waals surface area (Å²) in [7, 11) is 3.57. The van der Waals surface area contributed by atoms with Gasteiger partial charge in [-0.1, -0.05) is 19.1 Å². The molecule has 22 heavy (non-hydrogen) atoms. The normalized spacial score (nSPS) is 20.9. The van der Waals surface area contributed by atoms with Crippen molar-refractivity contribution in [3.8, 4) is 0 Å². The van der Waals surface area contributed by atoms with Crippen molar-refractivity contribution in [1.82, 2.24) is 4.90 Å². The largest absolute Gasteiger partial charge is 0.380 e. The van der Waals surface area contributed by atoms with Gasteiger partial charge in [-0.2, -0.15) is 11.8 Å². The Labute approximate surface area is 137 Å². The highest BCUT2D eigenvalue weighted by molar-refractivity contribution is 7.99. The van der Waals surface area contributed by atoms with E-state index in [-0.39, 0.29) is 6.03 Å².